The van der Waals surface area contributed by atoms with Gasteiger partial charge in [0.15, 0.2) is 4.34 Å². The van der Waals surface area contributed by atoms with Gasteiger partial charge in [-0.2, -0.15) is 0 Å². The van der Waals surface area contributed by atoms with E-state index in [0.29, 0.717) is 4.34 Å². The molecule has 0 N–H and O–H groups in total. The van der Waals surface area contributed by atoms with E-state index in [1.54, 1.807) is 18.0 Å². The van der Waals surface area contributed by atoms with E-state index < -0.39 is 15.4 Å². The van der Waals surface area contributed by atoms with Crippen LogP contribution in [0.15, 0.2) is 19.1 Å². The van der Waals surface area contributed by atoms with Crippen LogP contribution in [0.25, 0.3) is 0 Å². The molecule has 0 saturated carbocycles. The predicted octanol–water partition coefficient (Wildman–Crippen LogP) is 2.74. The molecule has 0 saturated heterocycles. The Morgan fingerprint density at radius 2 is 2.24 bits per heavy atom. The average molecular weight is 306 g/mol. The maximum atomic E-state index is 10.5. The molecule has 1 unspecified atom stereocenters. The van der Waals surface area contributed by atoms with Gasteiger partial charge in [0.25, 0.3) is 0 Å². The number of thiazole rings is 1. The van der Waals surface area contributed by atoms with Crippen LogP contribution in [-0.4, -0.2) is 32.2 Å². The SMILES string of the molecule is C=S(c1ncc(SC)s1)c1nnc([N+](=O)[O-])s1. The van der Waals surface area contributed by atoms with E-state index in [-0.39, 0.29) is 5.13 Å². The van der Waals surface area contributed by atoms with Crippen LogP contribution in [0.2, 0.25) is 0 Å². The van der Waals surface area contributed by atoms with Gasteiger partial charge in [0.1, 0.15) is 0 Å². The summed E-state index contributed by atoms with van der Waals surface area (Å²) in [6.07, 6.45) is 3.74. The lowest BCUT2D eigenvalue weighted by Gasteiger charge is -1.94. The number of rotatable bonds is 4. The van der Waals surface area contributed by atoms with E-state index in [1.165, 1.54) is 11.3 Å². The third kappa shape index (κ3) is 2.70. The van der Waals surface area contributed by atoms with Crippen LogP contribution in [0.4, 0.5) is 5.13 Å². The topological polar surface area (TPSA) is 81.8 Å². The molecule has 2 rings (SSSR count). The quantitative estimate of drug-likeness (QED) is 0.374. The normalized spacial score (nSPS) is 12.5. The Hall–Kier alpha value is -0.840. The van der Waals surface area contributed by atoms with Crippen molar-refractivity contribution in [3.05, 3.63) is 16.3 Å². The van der Waals surface area contributed by atoms with E-state index in [2.05, 4.69) is 21.1 Å². The van der Waals surface area contributed by atoms with E-state index in [4.69, 9.17) is 0 Å². The maximum absolute atomic E-state index is 10.5. The van der Waals surface area contributed by atoms with Crippen molar-refractivity contribution in [1.82, 2.24) is 15.2 Å². The summed E-state index contributed by atoms with van der Waals surface area (Å²) in [6.45, 7) is 0. The average Bonchev–Trinajstić information content (AvgIpc) is 2.97. The molecule has 0 aliphatic rings. The molecule has 0 amide bonds. The summed E-state index contributed by atoms with van der Waals surface area (Å²) in [6, 6.07) is 0. The molecule has 90 valence electrons. The van der Waals surface area contributed by atoms with Gasteiger partial charge in [-0.1, -0.05) is 16.4 Å². The Morgan fingerprint density at radius 3 is 2.76 bits per heavy atom. The van der Waals surface area contributed by atoms with Gasteiger partial charge in [0, 0.05) is 0 Å². The fourth-order valence-corrected chi connectivity index (χ4v) is 4.96. The molecule has 0 fully saturated rings. The zero-order valence-electron chi connectivity index (χ0n) is 8.52. The van der Waals surface area contributed by atoms with E-state index in [0.717, 1.165) is 19.9 Å². The van der Waals surface area contributed by atoms with E-state index in [9.17, 15) is 10.1 Å². The Kier molecular flexibility index (Phi) is 3.86. The second-order valence-electron chi connectivity index (χ2n) is 2.65. The van der Waals surface area contributed by atoms with Crippen LogP contribution in [0.1, 0.15) is 0 Å². The lowest BCUT2D eigenvalue weighted by Crippen LogP contribution is -1.84. The van der Waals surface area contributed by atoms with Gasteiger partial charge in [-0.05, 0) is 27.6 Å². The van der Waals surface area contributed by atoms with Gasteiger partial charge in [-0.25, -0.2) is 4.98 Å². The molecular weight excluding hydrogens is 300 g/mol. The highest BCUT2D eigenvalue weighted by Crippen LogP contribution is 2.41. The number of nitro groups is 1. The molecule has 0 aromatic carbocycles. The molecule has 10 heteroatoms. The van der Waals surface area contributed by atoms with Crippen LogP contribution in [0.3, 0.4) is 0 Å². The predicted molar refractivity (Wildman–Crippen MR) is 71.7 cm³/mol. The molecule has 0 spiro atoms. The van der Waals surface area contributed by atoms with Crippen molar-refractivity contribution < 1.29 is 4.92 Å². The van der Waals surface area contributed by atoms with Crippen molar-refractivity contribution in [2.45, 2.75) is 12.9 Å². The second-order valence-corrected chi connectivity index (χ2v) is 7.81. The van der Waals surface area contributed by atoms with Crippen molar-refractivity contribution in [3.63, 3.8) is 0 Å². The lowest BCUT2D eigenvalue weighted by atomic mass is 11.0. The van der Waals surface area contributed by atoms with Gasteiger partial charge in [0.05, 0.1) is 15.5 Å². The fraction of sp³-hybridized carbons (Fsp3) is 0.143. The van der Waals surface area contributed by atoms with Gasteiger partial charge in [0.2, 0.25) is 4.34 Å². The number of hydrogen-bond donors (Lipinski definition) is 0. The smallest absolute Gasteiger partial charge is 0.357 e. The van der Waals surface area contributed by atoms with Crippen LogP contribution >= 0.6 is 44.9 Å². The van der Waals surface area contributed by atoms with E-state index in [1.807, 2.05) is 6.26 Å². The van der Waals surface area contributed by atoms with Crippen LogP contribution in [0.5, 0.6) is 0 Å². The van der Waals surface area contributed by atoms with E-state index >= 15 is 0 Å². The largest absolute Gasteiger partial charge is 0.451 e. The molecule has 0 radical (unpaired) electrons. The van der Waals surface area contributed by atoms with Crippen molar-refractivity contribution >= 4 is 55.9 Å². The molecule has 6 nitrogen and oxygen atoms in total. The molecule has 0 aliphatic heterocycles. The number of thioether (sulfide) groups is 1. The highest BCUT2D eigenvalue weighted by Gasteiger charge is 2.18. The number of hydrogen-bond acceptors (Lipinski definition) is 8. The third-order valence-corrected chi connectivity index (χ3v) is 6.89. The van der Waals surface area contributed by atoms with Gasteiger partial charge in [-0.15, -0.1) is 23.1 Å². The lowest BCUT2D eigenvalue weighted by molar-refractivity contribution is -0.385. The Labute approximate surface area is 111 Å². The van der Waals surface area contributed by atoms with Gasteiger partial charge < -0.3 is 10.1 Å². The fourth-order valence-electron chi connectivity index (χ4n) is 0.903. The second kappa shape index (κ2) is 5.21. The minimum Gasteiger partial charge on any atom is -0.357 e. The van der Waals surface area contributed by atoms with Crippen molar-refractivity contribution in [2.75, 3.05) is 6.26 Å². The molecular formula is C7H6N4O2S4. The highest BCUT2D eigenvalue weighted by atomic mass is 32.2. The first-order valence-corrected chi connectivity index (χ1v) is 8.38. The molecule has 0 aliphatic carbocycles. The monoisotopic (exact) mass is 306 g/mol. The minimum atomic E-state index is -0.589. The third-order valence-electron chi connectivity index (χ3n) is 1.64. The molecule has 2 aromatic heterocycles. The first-order valence-electron chi connectivity index (χ1n) is 4.13. The Balaban J connectivity index is 2.27. The first kappa shape index (κ1) is 12.6. The minimum absolute atomic E-state index is 0.206. The highest BCUT2D eigenvalue weighted by molar-refractivity contribution is 8.16. The molecule has 2 heterocycles. The molecule has 1 atom stereocenters. The maximum Gasteiger partial charge on any atom is 0.451 e. The standard InChI is InChI=1S/C7H6N4O2S4/c1-14-4-3-8-6(15-4)17(2)7-10-9-5(16-7)11(12)13/h3H,2H2,1H3. The summed E-state index contributed by atoms with van der Waals surface area (Å²) < 4.78 is 2.44. The summed E-state index contributed by atoms with van der Waals surface area (Å²) in [5.41, 5.74) is 0. The summed E-state index contributed by atoms with van der Waals surface area (Å²) in [4.78, 5) is 14.2. The van der Waals surface area contributed by atoms with Crippen LogP contribution in [0, 0.1) is 10.1 Å². The summed E-state index contributed by atoms with van der Waals surface area (Å²) in [5, 5.41) is 17.6. The zero-order valence-corrected chi connectivity index (χ0v) is 11.8. The zero-order chi connectivity index (χ0) is 12.4. The van der Waals surface area contributed by atoms with Crippen LogP contribution < -0.4 is 0 Å². The number of nitrogens with zero attached hydrogens (tertiary/aromatic N) is 4. The van der Waals surface area contributed by atoms with Crippen LogP contribution in [-0.2, 0) is 0 Å². The van der Waals surface area contributed by atoms with Crippen molar-refractivity contribution in [1.29, 1.82) is 0 Å². The summed E-state index contributed by atoms with van der Waals surface area (Å²) in [7, 11) is -0.589. The van der Waals surface area contributed by atoms with Crippen molar-refractivity contribution in [2.24, 2.45) is 0 Å². The van der Waals surface area contributed by atoms with Gasteiger partial charge >= 0.3 is 5.13 Å². The Bertz CT molecular complexity index is 578. The van der Waals surface area contributed by atoms with Crippen molar-refractivity contribution in [3.8, 4) is 0 Å². The number of aromatic nitrogens is 3. The first-order chi connectivity index (χ1) is 8.11. The Morgan fingerprint density at radius 1 is 1.47 bits per heavy atom. The summed E-state index contributed by atoms with van der Waals surface area (Å²) in [5.74, 6) is 3.95. The molecule has 2 aromatic rings. The summed E-state index contributed by atoms with van der Waals surface area (Å²) >= 11 is 4.08. The van der Waals surface area contributed by atoms with Gasteiger partial charge in [-0.3, -0.25) is 0 Å². The molecule has 0 bridgehead atoms. The molecule has 17 heavy (non-hydrogen) atoms.